The summed E-state index contributed by atoms with van der Waals surface area (Å²) in [7, 11) is -0.110. The topological polar surface area (TPSA) is 119 Å². The van der Waals surface area contributed by atoms with Gasteiger partial charge in [-0.25, -0.2) is 0 Å². The number of hydrogen-bond acceptors (Lipinski definition) is 6. The van der Waals surface area contributed by atoms with Gasteiger partial charge in [-0.15, -0.1) is 12.4 Å². The lowest BCUT2D eigenvalue weighted by Gasteiger charge is -2.12. The van der Waals surface area contributed by atoms with Crippen LogP contribution in [0.2, 0.25) is 0 Å². The van der Waals surface area contributed by atoms with Gasteiger partial charge in [0.2, 0.25) is 0 Å². The number of halogens is 2. The molecule has 0 amide bonds. The zero-order chi connectivity index (χ0) is 15.5. The van der Waals surface area contributed by atoms with Crippen molar-refractivity contribution in [3.63, 3.8) is 0 Å². The summed E-state index contributed by atoms with van der Waals surface area (Å²) in [5.41, 5.74) is 5.41. The first kappa shape index (κ1) is 30.9. The van der Waals surface area contributed by atoms with E-state index in [9.17, 15) is 14.7 Å². The van der Waals surface area contributed by atoms with E-state index in [4.69, 9.17) is 15.6 Å². The number of carboxylic acid groups (broad SMARTS) is 1. The van der Waals surface area contributed by atoms with Crippen LogP contribution in [0.25, 0.3) is 0 Å². The van der Waals surface area contributed by atoms with Gasteiger partial charge < -0.3 is 37.8 Å². The molecule has 0 aliphatic carbocycles. The molecular formula is C12H27Cl2NO6S2. The van der Waals surface area contributed by atoms with E-state index in [2.05, 4.69) is 4.74 Å². The van der Waals surface area contributed by atoms with E-state index in [1.165, 1.54) is 6.92 Å². The van der Waals surface area contributed by atoms with Crippen LogP contribution in [0.3, 0.4) is 0 Å². The molecule has 4 N–H and O–H groups in total. The fraction of sp³-hybridized carbons (Fsp3) is 0.833. The molecule has 0 aromatic rings. The summed E-state index contributed by atoms with van der Waals surface area (Å²) in [6.07, 6.45) is 1.74. The zero-order valence-corrected chi connectivity index (χ0v) is 16.6. The number of carboxylic acids is 1. The van der Waals surface area contributed by atoms with Gasteiger partial charge in [0.05, 0.1) is 19.5 Å². The molecule has 11 heteroatoms. The minimum Gasteiger partial charge on any atom is -1.00 e. The number of carbonyl (C=O) groups excluding carboxylic acids is 1. The Morgan fingerprint density at radius 1 is 1.30 bits per heavy atom. The van der Waals surface area contributed by atoms with Gasteiger partial charge in [-0.2, -0.15) is 13.5 Å². The molecule has 0 aliphatic rings. The molecule has 0 aromatic heterocycles. The average molecular weight is 416 g/mol. The van der Waals surface area contributed by atoms with E-state index in [-0.39, 0.29) is 75.0 Å². The number of rotatable bonds is 11. The van der Waals surface area contributed by atoms with Crippen LogP contribution in [-0.4, -0.2) is 71.9 Å². The minimum absolute atomic E-state index is 0. The third kappa shape index (κ3) is 20.1. The van der Waals surface area contributed by atoms with Gasteiger partial charge in [-0.3, -0.25) is 9.59 Å². The molecule has 0 saturated heterocycles. The van der Waals surface area contributed by atoms with Gasteiger partial charge in [0.1, 0.15) is 30.3 Å². The van der Waals surface area contributed by atoms with Gasteiger partial charge in [-0.1, -0.05) is 0 Å². The highest BCUT2D eigenvalue weighted by molar-refractivity contribution is 7.96. The van der Waals surface area contributed by atoms with E-state index in [1.54, 1.807) is 0 Å². The maximum atomic E-state index is 10.6. The first-order valence-corrected chi connectivity index (χ1v) is 8.26. The highest BCUT2D eigenvalue weighted by Gasteiger charge is 2.21. The Morgan fingerprint density at radius 2 is 1.87 bits per heavy atom. The highest BCUT2D eigenvalue weighted by Crippen LogP contribution is 2.01. The van der Waals surface area contributed by atoms with Crippen molar-refractivity contribution in [2.24, 2.45) is 5.73 Å². The van der Waals surface area contributed by atoms with Gasteiger partial charge in [0.25, 0.3) is 0 Å². The largest absolute Gasteiger partial charge is 1.00 e. The van der Waals surface area contributed by atoms with Crippen LogP contribution in [0.4, 0.5) is 0 Å². The number of aliphatic carboxylic acids is 1. The molecule has 0 radical (unpaired) electrons. The Balaban J connectivity index is -0.000000602. The van der Waals surface area contributed by atoms with Crippen molar-refractivity contribution in [1.82, 2.24) is 0 Å². The quantitative estimate of drug-likeness (QED) is 0.182. The molecule has 0 spiro atoms. The third-order valence-corrected chi connectivity index (χ3v) is 4.30. The monoisotopic (exact) mass is 415 g/mol. The lowest BCUT2D eigenvalue weighted by atomic mass is 10.2. The van der Waals surface area contributed by atoms with Crippen LogP contribution >= 0.6 is 25.9 Å². The van der Waals surface area contributed by atoms with E-state index in [0.29, 0.717) is 17.9 Å². The second-order valence-electron chi connectivity index (χ2n) is 4.45. The van der Waals surface area contributed by atoms with Gasteiger partial charge >= 0.3 is 11.9 Å². The second kappa shape index (κ2) is 18.4. The van der Waals surface area contributed by atoms with E-state index in [0.717, 1.165) is 0 Å². The number of nitrogens with two attached hydrogens (primary N) is 1. The molecule has 2 unspecified atom stereocenters. The fourth-order valence-electron chi connectivity index (χ4n) is 1.38. The summed E-state index contributed by atoms with van der Waals surface area (Å²) in [5.74, 6) is -0.159. The summed E-state index contributed by atoms with van der Waals surface area (Å²) >= 11 is 0. The summed E-state index contributed by atoms with van der Waals surface area (Å²) in [6, 6.07) is -0.845. The zero-order valence-electron chi connectivity index (χ0n) is 13.2. The third-order valence-electron chi connectivity index (χ3n) is 2.41. The van der Waals surface area contributed by atoms with E-state index >= 15 is 0 Å². The second-order valence-corrected chi connectivity index (χ2v) is 6.76. The van der Waals surface area contributed by atoms with Crippen LogP contribution < -0.4 is 18.1 Å². The molecular weight excluding hydrogens is 389 g/mol. The summed E-state index contributed by atoms with van der Waals surface area (Å²) in [4.78, 5) is 21.0. The molecule has 142 valence electrons. The highest BCUT2D eigenvalue weighted by atomic mass is 35.5. The molecule has 3 atom stereocenters. The number of aliphatic hydroxyl groups is 1. The Kier molecular flexibility index (Phi) is 24.8. The Hall–Kier alpha value is 0.1000. The molecule has 0 heterocycles. The van der Waals surface area contributed by atoms with Crippen LogP contribution in [0.5, 0.6) is 0 Å². The van der Waals surface area contributed by atoms with E-state index in [1.807, 2.05) is 6.26 Å². The summed E-state index contributed by atoms with van der Waals surface area (Å²) in [6.45, 7) is 1.91. The van der Waals surface area contributed by atoms with Crippen molar-refractivity contribution < 1.29 is 41.7 Å². The van der Waals surface area contributed by atoms with Crippen molar-refractivity contribution in [1.29, 1.82) is 0 Å². The van der Waals surface area contributed by atoms with Crippen LogP contribution in [0.15, 0.2) is 0 Å². The molecule has 23 heavy (non-hydrogen) atoms. The van der Waals surface area contributed by atoms with Crippen molar-refractivity contribution in [2.45, 2.75) is 25.5 Å². The Bertz CT molecular complexity index is 315. The summed E-state index contributed by atoms with van der Waals surface area (Å²) < 4.78 is 9.85. The fourth-order valence-corrected chi connectivity index (χ4v) is 2.95. The predicted molar refractivity (Wildman–Crippen MR) is 94.3 cm³/mol. The number of aliphatic hydroxyl groups excluding tert-OH is 1. The first-order chi connectivity index (χ1) is 9.32. The van der Waals surface area contributed by atoms with Gasteiger partial charge in [-0.05, 0) is 10.9 Å². The standard InChI is InChI=1S/C12H23NO6S.2ClH.H2S/c1-9(14)19-5-4-18-7-10(15)8-20(2)6-3-11(13)12(16)17;;;/h10-11,15H,3-8,13H2,1-2H3;2*1H;1H2/t10?,11-,20?;;;/m0.../s1. The number of esters is 1. The Morgan fingerprint density at radius 3 is 2.35 bits per heavy atom. The number of carbonyl (C=O) groups is 2. The van der Waals surface area contributed by atoms with Crippen molar-refractivity contribution in [3.05, 3.63) is 0 Å². The number of hydrogen-bond donors (Lipinski definition) is 3. The van der Waals surface area contributed by atoms with Crippen LogP contribution in [0, 0.1) is 0 Å². The number of ether oxygens (including phenoxy) is 2. The van der Waals surface area contributed by atoms with Crippen LogP contribution in [-0.2, 0) is 30.0 Å². The average Bonchev–Trinajstić information content (AvgIpc) is 2.34. The minimum atomic E-state index is -1.00. The molecule has 0 fully saturated rings. The van der Waals surface area contributed by atoms with Crippen LogP contribution in [0.1, 0.15) is 13.3 Å². The normalized spacial score (nSPS) is 13.4. The maximum absolute atomic E-state index is 10.6. The van der Waals surface area contributed by atoms with Crippen molar-refractivity contribution >= 4 is 48.7 Å². The molecule has 7 nitrogen and oxygen atoms in total. The van der Waals surface area contributed by atoms with Gasteiger partial charge in [0, 0.05) is 13.3 Å². The van der Waals surface area contributed by atoms with Crippen molar-refractivity contribution in [3.8, 4) is 0 Å². The molecule has 0 rings (SSSR count). The predicted octanol–water partition coefficient (Wildman–Crippen LogP) is -3.48. The summed E-state index contributed by atoms with van der Waals surface area (Å²) in [5, 5.41) is 18.4. The smallest absolute Gasteiger partial charge is 0.320 e. The first-order valence-electron chi connectivity index (χ1n) is 6.29. The Labute approximate surface area is 159 Å². The molecule has 0 bridgehead atoms. The van der Waals surface area contributed by atoms with Crippen molar-refractivity contribution in [2.75, 3.05) is 37.6 Å². The van der Waals surface area contributed by atoms with Gasteiger partial charge in [0.15, 0.2) is 0 Å². The van der Waals surface area contributed by atoms with E-state index < -0.39 is 18.1 Å². The molecule has 0 saturated carbocycles. The maximum Gasteiger partial charge on any atom is 0.320 e. The lowest BCUT2D eigenvalue weighted by Crippen LogP contribution is -3.00. The molecule has 0 aromatic carbocycles. The SMILES string of the molecule is CC(=O)OCCOCC(O)C[S+](C)CC[C@H](N)C(=O)O.Cl.S.[Cl-]. The molecule has 0 aliphatic heterocycles. The lowest BCUT2D eigenvalue weighted by molar-refractivity contribution is -0.142.